The predicted octanol–water partition coefficient (Wildman–Crippen LogP) is 2.65. The summed E-state index contributed by atoms with van der Waals surface area (Å²) in [5.74, 6) is -0.201. The lowest BCUT2D eigenvalue weighted by Gasteiger charge is -2.13. The molecule has 0 saturated heterocycles. The van der Waals surface area contributed by atoms with Crippen LogP contribution in [-0.2, 0) is 6.42 Å². The van der Waals surface area contributed by atoms with E-state index in [-0.39, 0.29) is 11.9 Å². The van der Waals surface area contributed by atoms with Gasteiger partial charge in [0, 0.05) is 6.04 Å². The van der Waals surface area contributed by atoms with Crippen LogP contribution in [0.25, 0.3) is 0 Å². The van der Waals surface area contributed by atoms with E-state index in [9.17, 15) is 4.39 Å². The second-order valence-corrected chi connectivity index (χ2v) is 3.80. The molecule has 3 heteroatoms. The Balaban J connectivity index is 2.29. The number of nitriles is 1. The first-order chi connectivity index (χ1) is 7.76. The third-order valence-corrected chi connectivity index (χ3v) is 2.59. The van der Waals surface area contributed by atoms with Crippen molar-refractivity contribution >= 4 is 0 Å². The summed E-state index contributed by atoms with van der Waals surface area (Å²) < 4.78 is 12.6. The number of hydrogen-bond donors (Lipinski definition) is 1. The fourth-order valence-electron chi connectivity index (χ4n) is 1.54. The van der Waals surface area contributed by atoms with Crippen molar-refractivity contribution in [3.05, 3.63) is 35.6 Å². The van der Waals surface area contributed by atoms with Gasteiger partial charge in [0.2, 0.25) is 0 Å². The molecule has 0 aliphatic heterocycles. The molecule has 0 aromatic heterocycles. The molecule has 0 aliphatic rings. The Morgan fingerprint density at radius 2 is 2.06 bits per heavy atom. The van der Waals surface area contributed by atoms with E-state index in [0.29, 0.717) is 6.42 Å². The molecule has 0 fully saturated rings. The van der Waals surface area contributed by atoms with Crippen molar-refractivity contribution in [1.82, 2.24) is 5.32 Å². The lowest BCUT2D eigenvalue weighted by Crippen LogP contribution is -2.29. The Bertz CT molecular complexity index is 340. The molecule has 1 atom stereocenters. The van der Waals surface area contributed by atoms with Crippen molar-refractivity contribution < 1.29 is 4.39 Å². The van der Waals surface area contributed by atoms with Gasteiger partial charge in [0.15, 0.2) is 0 Å². The molecule has 0 bridgehead atoms. The van der Waals surface area contributed by atoms with Gasteiger partial charge in [-0.1, -0.05) is 19.1 Å². The van der Waals surface area contributed by atoms with Crippen molar-refractivity contribution in [3.63, 3.8) is 0 Å². The Labute approximate surface area is 96.1 Å². The maximum Gasteiger partial charge on any atom is 0.123 e. The summed E-state index contributed by atoms with van der Waals surface area (Å²) in [6.07, 6.45) is 2.36. The van der Waals surface area contributed by atoms with Crippen LogP contribution in [-0.4, -0.2) is 12.6 Å². The largest absolute Gasteiger partial charge is 0.313 e. The number of nitrogens with one attached hydrogen (secondary N) is 1. The minimum atomic E-state index is -0.201. The number of benzene rings is 1. The molecule has 0 amide bonds. The fourth-order valence-corrected chi connectivity index (χ4v) is 1.54. The van der Waals surface area contributed by atoms with Gasteiger partial charge < -0.3 is 5.32 Å². The summed E-state index contributed by atoms with van der Waals surface area (Å²) in [6, 6.07) is 8.97. The van der Waals surface area contributed by atoms with E-state index >= 15 is 0 Å². The van der Waals surface area contributed by atoms with E-state index in [1.54, 1.807) is 12.1 Å². The van der Waals surface area contributed by atoms with Gasteiger partial charge in [0.05, 0.1) is 12.5 Å². The van der Waals surface area contributed by atoms with Crippen LogP contribution in [0.3, 0.4) is 0 Å². The lowest BCUT2D eigenvalue weighted by atomic mass is 10.1. The van der Waals surface area contributed by atoms with Crippen LogP contribution in [0.4, 0.5) is 4.39 Å². The Hall–Kier alpha value is -1.40. The van der Waals surface area contributed by atoms with Crippen LogP contribution in [0.1, 0.15) is 25.3 Å². The third kappa shape index (κ3) is 4.41. The van der Waals surface area contributed by atoms with E-state index < -0.39 is 0 Å². The Morgan fingerprint density at radius 3 is 2.62 bits per heavy atom. The number of halogens is 1. The average molecular weight is 220 g/mol. The highest BCUT2D eigenvalue weighted by molar-refractivity contribution is 5.16. The van der Waals surface area contributed by atoms with Crippen molar-refractivity contribution in [2.24, 2.45) is 0 Å². The van der Waals surface area contributed by atoms with Crippen LogP contribution < -0.4 is 5.32 Å². The summed E-state index contributed by atoms with van der Waals surface area (Å²) in [6.45, 7) is 2.89. The molecule has 1 aromatic carbocycles. The number of hydrogen-bond acceptors (Lipinski definition) is 2. The van der Waals surface area contributed by atoms with Crippen LogP contribution in [0.2, 0.25) is 0 Å². The SMILES string of the molecule is CCC(CC#N)NCCc1ccc(F)cc1. The summed E-state index contributed by atoms with van der Waals surface area (Å²) in [4.78, 5) is 0. The first-order valence-electron chi connectivity index (χ1n) is 5.61. The van der Waals surface area contributed by atoms with E-state index in [2.05, 4.69) is 18.3 Å². The van der Waals surface area contributed by atoms with E-state index in [0.717, 1.165) is 24.9 Å². The van der Waals surface area contributed by atoms with Crippen molar-refractivity contribution in [3.8, 4) is 6.07 Å². The van der Waals surface area contributed by atoms with Gasteiger partial charge in [0.25, 0.3) is 0 Å². The molecule has 16 heavy (non-hydrogen) atoms. The van der Waals surface area contributed by atoms with Gasteiger partial charge >= 0.3 is 0 Å². The van der Waals surface area contributed by atoms with Gasteiger partial charge in [0.1, 0.15) is 5.82 Å². The van der Waals surface area contributed by atoms with Gasteiger partial charge in [-0.05, 0) is 37.1 Å². The standard InChI is InChI=1S/C13H17FN2/c1-2-13(7-9-15)16-10-8-11-3-5-12(14)6-4-11/h3-6,13,16H,2,7-8,10H2,1H3. The van der Waals surface area contributed by atoms with E-state index in [4.69, 9.17) is 5.26 Å². The molecule has 0 radical (unpaired) electrons. The zero-order valence-electron chi connectivity index (χ0n) is 9.54. The Kier molecular flexibility index (Phi) is 5.52. The topological polar surface area (TPSA) is 35.8 Å². The van der Waals surface area contributed by atoms with Crippen molar-refractivity contribution in [2.75, 3.05) is 6.54 Å². The molecule has 1 aromatic rings. The molecule has 0 aliphatic carbocycles. The smallest absolute Gasteiger partial charge is 0.123 e. The molecule has 86 valence electrons. The highest BCUT2D eigenvalue weighted by Gasteiger charge is 2.03. The average Bonchev–Trinajstić information content (AvgIpc) is 2.30. The minimum absolute atomic E-state index is 0.201. The maximum absolute atomic E-state index is 12.6. The zero-order valence-corrected chi connectivity index (χ0v) is 9.54. The first kappa shape index (κ1) is 12.7. The highest BCUT2D eigenvalue weighted by Crippen LogP contribution is 2.03. The number of nitrogens with zero attached hydrogens (tertiary/aromatic N) is 1. The summed E-state index contributed by atoms with van der Waals surface area (Å²) in [7, 11) is 0. The van der Waals surface area contributed by atoms with Gasteiger partial charge in [-0.15, -0.1) is 0 Å². The summed E-state index contributed by atoms with van der Waals surface area (Å²) >= 11 is 0. The molecule has 0 heterocycles. The fraction of sp³-hybridized carbons (Fsp3) is 0.462. The molecular formula is C13H17FN2. The second-order valence-electron chi connectivity index (χ2n) is 3.80. The molecule has 0 saturated carbocycles. The molecule has 1 rings (SSSR count). The second kappa shape index (κ2) is 6.97. The highest BCUT2D eigenvalue weighted by atomic mass is 19.1. The van der Waals surface area contributed by atoms with Gasteiger partial charge in [-0.3, -0.25) is 0 Å². The molecule has 2 nitrogen and oxygen atoms in total. The molecule has 0 spiro atoms. The number of rotatable bonds is 6. The third-order valence-electron chi connectivity index (χ3n) is 2.59. The van der Waals surface area contributed by atoms with Crippen LogP contribution in [0.15, 0.2) is 24.3 Å². The lowest BCUT2D eigenvalue weighted by molar-refractivity contribution is 0.508. The zero-order chi connectivity index (χ0) is 11.8. The molecular weight excluding hydrogens is 203 g/mol. The maximum atomic E-state index is 12.6. The minimum Gasteiger partial charge on any atom is -0.313 e. The van der Waals surface area contributed by atoms with Crippen LogP contribution in [0, 0.1) is 17.1 Å². The van der Waals surface area contributed by atoms with Crippen LogP contribution in [0.5, 0.6) is 0 Å². The van der Waals surface area contributed by atoms with E-state index in [1.165, 1.54) is 12.1 Å². The van der Waals surface area contributed by atoms with Crippen molar-refractivity contribution in [1.29, 1.82) is 5.26 Å². The van der Waals surface area contributed by atoms with E-state index in [1.807, 2.05) is 0 Å². The molecule has 1 N–H and O–H groups in total. The van der Waals surface area contributed by atoms with Gasteiger partial charge in [-0.2, -0.15) is 5.26 Å². The quantitative estimate of drug-likeness (QED) is 0.800. The monoisotopic (exact) mass is 220 g/mol. The van der Waals surface area contributed by atoms with Gasteiger partial charge in [-0.25, -0.2) is 4.39 Å². The first-order valence-corrected chi connectivity index (χ1v) is 5.61. The summed E-state index contributed by atoms with van der Waals surface area (Å²) in [5.41, 5.74) is 1.11. The Morgan fingerprint density at radius 1 is 1.38 bits per heavy atom. The molecule has 1 unspecified atom stereocenters. The van der Waals surface area contributed by atoms with Crippen molar-refractivity contribution in [2.45, 2.75) is 32.2 Å². The predicted molar refractivity (Wildman–Crippen MR) is 62.4 cm³/mol. The van der Waals surface area contributed by atoms with Crippen LogP contribution >= 0.6 is 0 Å². The summed E-state index contributed by atoms with van der Waals surface area (Å²) in [5, 5.41) is 11.9. The normalized spacial score (nSPS) is 12.1.